The van der Waals surface area contributed by atoms with E-state index in [1.807, 2.05) is 19.9 Å². The van der Waals surface area contributed by atoms with E-state index < -0.39 is 0 Å². The first-order valence-corrected chi connectivity index (χ1v) is 5.81. The lowest BCUT2D eigenvalue weighted by molar-refractivity contribution is 0.0337. The minimum atomic E-state index is -0.245. The van der Waals surface area contributed by atoms with Crippen LogP contribution in [0.5, 0.6) is 0 Å². The van der Waals surface area contributed by atoms with Crippen molar-refractivity contribution in [2.45, 2.75) is 38.8 Å². The molecule has 0 fully saturated rings. The second-order valence-corrected chi connectivity index (χ2v) is 3.92. The lowest BCUT2D eigenvalue weighted by atomic mass is 10.0. The van der Waals surface area contributed by atoms with Crippen LogP contribution in [0.1, 0.15) is 38.4 Å². The van der Waals surface area contributed by atoms with E-state index in [0.717, 1.165) is 18.4 Å². The van der Waals surface area contributed by atoms with Crippen molar-refractivity contribution in [3.63, 3.8) is 0 Å². The van der Waals surface area contributed by atoms with Gasteiger partial charge in [0, 0.05) is 12.6 Å². The highest BCUT2D eigenvalue weighted by molar-refractivity contribution is 5.20. The molecular formula is C13H20FNO. The highest BCUT2D eigenvalue weighted by Gasteiger charge is 2.19. The third kappa shape index (κ3) is 3.58. The van der Waals surface area contributed by atoms with Gasteiger partial charge in [-0.25, -0.2) is 4.39 Å². The smallest absolute Gasteiger partial charge is 0.123 e. The molecule has 0 saturated carbocycles. The molecule has 0 spiro atoms. The Morgan fingerprint density at radius 1 is 1.38 bits per heavy atom. The van der Waals surface area contributed by atoms with Gasteiger partial charge in [0.05, 0.1) is 6.10 Å². The van der Waals surface area contributed by atoms with Gasteiger partial charge in [-0.1, -0.05) is 26.0 Å². The van der Waals surface area contributed by atoms with Gasteiger partial charge in [0.15, 0.2) is 0 Å². The molecule has 0 aliphatic carbocycles. The van der Waals surface area contributed by atoms with E-state index in [-0.39, 0.29) is 18.0 Å². The van der Waals surface area contributed by atoms with Crippen molar-refractivity contribution >= 4 is 0 Å². The Hall–Kier alpha value is -0.930. The SMILES string of the molecule is CCCOC(c1cccc(F)c1)C(N)CC. The summed E-state index contributed by atoms with van der Waals surface area (Å²) in [7, 11) is 0. The van der Waals surface area contributed by atoms with Gasteiger partial charge in [0.2, 0.25) is 0 Å². The molecule has 0 aliphatic rings. The number of nitrogens with two attached hydrogens (primary N) is 1. The summed E-state index contributed by atoms with van der Waals surface area (Å²) in [5.41, 5.74) is 6.81. The van der Waals surface area contributed by atoms with Crippen LogP contribution in [-0.4, -0.2) is 12.6 Å². The number of hydrogen-bond donors (Lipinski definition) is 1. The molecule has 0 radical (unpaired) electrons. The third-order valence-electron chi connectivity index (χ3n) is 2.54. The molecule has 0 heterocycles. The Balaban J connectivity index is 2.82. The van der Waals surface area contributed by atoms with Crippen molar-refractivity contribution in [1.82, 2.24) is 0 Å². The van der Waals surface area contributed by atoms with E-state index in [0.29, 0.717) is 6.61 Å². The molecule has 90 valence electrons. The zero-order valence-corrected chi connectivity index (χ0v) is 9.95. The normalized spacial score (nSPS) is 14.8. The average Bonchev–Trinajstić information content (AvgIpc) is 2.29. The number of rotatable bonds is 6. The molecule has 1 aromatic carbocycles. The van der Waals surface area contributed by atoms with Gasteiger partial charge in [-0.3, -0.25) is 0 Å². The summed E-state index contributed by atoms with van der Waals surface area (Å²) in [5, 5.41) is 0. The van der Waals surface area contributed by atoms with Crippen molar-refractivity contribution in [1.29, 1.82) is 0 Å². The summed E-state index contributed by atoms with van der Waals surface area (Å²) in [4.78, 5) is 0. The van der Waals surface area contributed by atoms with Crippen LogP contribution in [-0.2, 0) is 4.74 Å². The standard InChI is InChI=1S/C13H20FNO/c1-3-8-16-13(12(15)4-2)10-6-5-7-11(14)9-10/h5-7,9,12-13H,3-4,8,15H2,1-2H3. The first kappa shape index (κ1) is 13.1. The van der Waals surface area contributed by atoms with E-state index in [4.69, 9.17) is 10.5 Å². The lowest BCUT2D eigenvalue weighted by Gasteiger charge is -2.23. The number of halogens is 1. The highest BCUT2D eigenvalue weighted by atomic mass is 19.1. The quantitative estimate of drug-likeness (QED) is 0.807. The van der Waals surface area contributed by atoms with Crippen molar-refractivity contribution in [3.8, 4) is 0 Å². The average molecular weight is 225 g/mol. The predicted molar refractivity (Wildman–Crippen MR) is 63.7 cm³/mol. The maximum atomic E-state index is 13.1. The molecule has 2 unspecified atom stereocenters. The second kappa shape index (κ2) is 6.61. The predicted octanol–water partition coefficient (Wildman–Crippen LogP) is 3.03. The molecule has 1 aromatic rings. The van der Waals surface area contributed by atoms with Crippen molar-refractivity contribution in [2.75, 3.05) is 6.61 Å². The van der Waals surface area contributed by atoms with E-state index in [9.17, 15) is 4.39 Å². The van der Waals surface area contributed by atoms with Crippen molar-refractivity contribution < 1.29 is 9.13 Å². The summed E-state index contributed by atoms with van der Waals surface area (Å²) in [6.45, 7) is 4.70. The molecule has 2 N–H and O–H groups in total. The molecule has 16 heavy (non-hydrogen) atoms. The van der Waals surface area contributed by atoms with Crippen molar-refractivity contribution in [2.24, 2.45) is 5.73 Å². The molecule has 0 amide bonds. The van der Waals surface area contributed by atoms with Crippen LogP contribution >= 0.6 is 0 Å². The largest absolute Gasteiger partial charge is 0.372 e. The monoisotopic (exact) mass is 225 g/mol. The van der Waals surface area contributed by atoms with Gasteiger partial charge < -0.3 is 10.5 Å². The Labute approximate surface area is 96.6 Å². The molecule has 0 aliphatic heterocycles. The van der Waals surface area contributed by atoms with Crippen LogP contribution in [0.2, 0.25) is 0 Å². The molecule has 0 bridgehead atoms. The third-order valence-corrected chi connectivity index (χ3v) is 2.54. The highest BCUT2D eigenvalue weighted by Crippen LogP contribution is 2.22. The number of hydrogen-bond acceptors (Lipinski definition) is 2. The Morgan fingerprint density at radius 2 is 2.12 bits per heavy atom. The van der Waals surface area contributed by atoms with E-state index in [2.05, 4.69) is 0 Å². The van der Waals surface area contributed by atoms with Gasteiger partial charge in [-0.2, -0.15) is 0 Å². The van der Waals surface area contributed by atoms with E-state index in [1.165, 1.54) is 12.1 Å². The Bertz CT molecular complexity index is 317. The zero-order chi connectivity index (χ0) is 12.0. The Morgan fingerprint density at radius 3 is 2.69 bits per heavy atom. The lowest BCUT2D eigenvalue weighted by Crippen LogP contribution is -2.29. The maximum Gasteiger partial charge on any atom is 0.123 e. The van der Waals surface area contributed by atoms with Crippen LogP contribution in [0.3, 0.4) is 0 Å². The van der Waals surface area contributed by atoms with Gasteiger partial charge in [-0.15, -0.1) is 0 Å². The molecule has 0 aromatic heterocycles. The molecule has 2 nitrogen and oxygen atoms in total. The molecule has 3 heteroatoms. The zero-order valence-electron chi connectivity index (χ0n) is 9.95. The van der Waals surface area contributed by atoms with Crippen molar-refractivity contribution in [3.05, 3.63) is 35.6 Å². The minimum Gasteiger partial charge on any atom is -0.372 e. The molecule has 2 atom stereocenters. The van der Waals surface area contributed by atoms with Gasteiger partial charge in [-0.05, 0) is 30.5 Å². The fourth-order valence-corrected chi connectivity index (χ4v) is 1.61. The topological polar surface area (TPSA) is 35.2 Å². The second-order valence-electron chi connectivity index (χ2n) is 3.92. The van der Waals surface area contributed by atoms with Crippen LogP contribution in [0.4, 0.5) is 4.39 Å². The summed E-state index contributed by atoms with van der Waals surface area (Å²) in [6, 6.07) is 6.38. The van der Waals surface area contributed by atoms with Gasteiger partial charge in [0.25, 0.3) is 0 Å². The van der Waals surface area contributed by atoms with Crippen LogP contribution < -0.4 is 5.73 Å². The summed E-state index contributed by atoms with van der Waals surface area (Å²) >= 11 is 0. The maximum absolute atomic E-state index is 13.1. The fraction of sp³-hybridized carbons (Fsp3) is 0.538. The van der Waals surface area contributed by atoms with Crippen LogP contribution in [0.25, 0.3) is 0 Å². The van der Waals surface area contributed by atoms with Gasteiger partial charge >= 0.3 is 0 Å². The Kier molecular flexibility index (Phi) is 5.43. The van der Waals surface area contributed by atoms with Crippen LogP contribution in [0.15, 0.2) is 24.3 Å². The number of ether oxygens (including phenoxy) is 1. The minimum absolute atomic E-state index is 0.0895. The summed E-state index contributed by atoms with van der Waals surface area (Å²) < 4.78 is 18.8. The van der Waals surface area contributed by atoms with E-state index >= 15 is 0 Å². The van der Waals surface area contributed by atoms with Gasteiger partial charge in [0.1, 0.15) is 5.82 Å². The number of benzene rings is 1. The fourth-order valence-electron chi connectivity index (χ4n) is 1.61. The summed E-state index contributed by atoms with van der Waals surface area (Å²) in [6.07, 6.45) is 1.54. The first-order valence-electron chi connectivity index (χ1n) is 5.81. The first-order chi connectivity index (χ1) is 7.69. The summed E-state index contributed by atoms with van der Waals surface area (Å²) in [5.74, 6) is -0.245. The molecular weight excluding hydrogens is 205 g/mol. The molecule has 0 saturated heterocycles. The van der Waals surface area contributed by atoms with Crippen LogP contribution in [0, 0.1) is 5.82 Å². The van der Waals surface area contributed by atoms with E-state index in [1.54, 1.807) is 6.07 Å². The molecule has 1 rings (SSSR count).